The van der Waals surface area contributed by atoms with Crippen molar-refractivity contribution >= 4 is 11.7 Å². The van der Waals surface area contributed by atoms with Crippen LogP contribution in [0.5, 0.6) is 11.5 Å². The van der Waals surface area contributed by atoms with Gasteiger partial charge in [0.2, 0.25) is 0 Å². The second kappa shape index (κ2) is 5.38. The number of nitrogens with one attached hydrogen (secondary N) is 1. The van der Waals surface area contributed by atoms with Gasteiger partial charge in [-0.05, 0) is 25.0 Å². The van der Waals surface area contributed by atoms with E-state index >= 15 is 0 Å². The Hall–Kier alpha value is -1.91. The molecule has 0 spiro atoms. The summed E-state index contributed by atoms with van der Waals surface area (Å²) < 4.78 is 10.4. The molecule has 0 saturated heterocycles. The Morgan fingerprint density at radius 1 is 1.37 bits per heavy atom. The van der Waals surface area contributed by atoms with E-state index in [9.17, 15) is 9.90 Å². The minimum Gasteiger partial charge on any atom is -0.497 e. The minimum absolute atomic E-state index is 0.409. The topological polar surface area (TPSA) is 67.8 Å². The van der Waals surface area contributed by atoms with E-state index in [0.29, 0.717) is 18.0 Å². The van der Waals surface area contributed by atoms with Crippen LogP contribution in [0.4, 0.5) is 5.69 Å². The lowest BCUT2D eigenvalue weighted by Gasteiger charge is -2.38. The Kier molecular flexibility index (Phi) is 3.83. The van der Waals surface area contributed by atoms with Crippen LogP contribution in [0.3, 0.4) is 0 Å². The van der Waals surface area contributed by atoms with Crippen LogP contribution in [0.1, 0.15) is 19.3 Å². The molecule has 0 heterocycles. The molecule has 0 aromatic heterocycles. The van der Waals surface area contributed by atoms with Crippen molar-refractivity contribution in [2.45, 2.75) is 19.3 Å². The molecule has 1 aliphatic carbocycles. The zero-order valence-electron chi connectivity index (χ0n) is 11.2. The van der Waals surface area contributed by atoms with Crippen LogP contribution >= 0.6 is 0 Å². The van der Waals surface area contributed by atoms with Crippen LogP contribution in [-0.2, 0) is 4.79 Å². The molecule has 104 valence electrons. The first-order chi connectivity index (χ1) is 9.11. The molecular weight excluding hydrogens is 246 g/mol. The van der Waals surface area contributed by atoms with E-state index in [1.165, 1.54) is 0 Å². The van der Waals surface area contributed by atoms with Crippen molar-refractivity contribution in [1.82, 2.24) is 0 Å². The Labute approximate surface area is 112 Å². The van der Waals surface area contributed by atoms with Crippen LogP contribution in [-0.4, -0.2) is 31.8 Å². The highest BCUT2D eigenvalue weighted by Gasteiger charge is 2.44. The van der Waals surface area contributed by atoms with Gasteiger partial charge in [-0.3, -0.25) is 4.79 Å². The van der Waals surface area contributed by atoms with Crippen molar-refractivity contribution in [3.8, 4) is 11.5 Å². The first kappa shape index (κ1) is 13.5. The van der Waals surface area contributed by atoms with Gasteiger partial charge in [0.05, 0.1) is 25.3 Å². The number of carboxylic acids is 1. The van der Waals surface area contributed by atoms with E-state index in [1.807, 2.05) is 6.07 Å². The third-order valence-electron chi connectivity index (χ3n) is 3.79. The molecule has 0 amide bonds. The Morgan fingerprint density at radius 3 is 2.58 bits per heavy atom. The van der Waals surface area contributed by atoms with Crippen LogP contribution in [0.25, 0.3) is 0 Å². The zero-order valence-corrected chi connectivity index (χ0v) is 11.2. The maximum Gasteiger partial charge on any atom is 0.311 e. The van der Waals surface area contributed by atoms with Gasteiger partial charge in [-0.1, -0.05) is 6.42 Å². The van der Waals surface area contributed by atoms with Gasteiger partial charge in [-0.25, -0.2) is 0 Å². The SMILES string of the molecule is COc1ccc(OC)c(NCC2(C(=O)O)CCC2)c1. The molecule has 1 aromatic rings. The molecule has 0 bridgehead atoms. The maximum absolute atomic E-state index is 11.3. The van der Waals surface area contributed by atoms with Crippen LogP contribution in [0.2, 0.25) is 0 Å². The molecule has 0 unspecified atom stereocenters. The molecule has 0 radical (unpaired) electrons. The number of methoxy groups -OCH3 is 2. The normalized spacial score (nSPS) is 16.3. The van der Waals surface area contributed by atoms with Crippen molar-refractivity contribution in [3.63, 3.8) is 0 Å². The van der Waals surface area contributed by atoms with Gasteiger partial charge >= 0.3 is 5.97 Å². The number of ether oxygens (including phenoxy) is 2. The van der Waals surface area contributed by atoms with Crippen molar-refractivity contribution in [1.29, 1.82) is 0 Å². The second-order valence-corrected chi connectivity index (χ2v) is 4.86. The highest BCUT2D eigenvalue weighted by atomic mass is 16.5. The largest absolute Gasteiger partial charge is 0.497 e. The fourth-order valence-electron chi connectivity index (χ4n) is 2.29. The third-order valence-corrected chi connectivity index (χ3v) is 3.79. The molecule has 1 aliphatic rings. The van der Waals surface area contributed by atoms with Crippen molar-refractivity contribution in [2.75, 3.05) is 26.1 Å². The summed E-state index contributed by atoms with van der Waals surface area (Å²) in [6.45, 7) is 0.409. The molecule has 19 heavy (non-hydrogen) atoms. The summed E-state index contributed by atoms with van der Waals surface area (Å²) in [6, 6.07) is 5.42. The summed E-state index contributed by atoms with van der Waals surface area (Å²) in [5.41, 5.74) is 0.128. The van der Waals surface area contributed by atoms with E-state index in [4.69, 9.17) is 9.47 Å². The van der Waals surface area contributed by atoms with Crippen molar-refractivity contribution < 1.29 is 19.4 Å². The average molecular weight is 265 g/mol. The predicted molar refractivity (Wildman–Crippen MR) is 72.0 cm³/mol. The monoisotopic (exact) mass is 265 g/mol. The first-order valence-electron chi connectivity index (χ1n) is 6.30. The fraction of sp³-hybridized carbons (Fsp3) is 0.500. The van der Waals surface area contributed by atoms with E-state index in [-0.39, 0.29) is 0 Å². The lowest BCUT2D eigenvalue weighted by atomic mass is 9.69. The van der Waals surface area contributed by atoms with Gasteiger partial charge in [0.15, 0.2) is 0 Å². The number of benzene rings is 1. The van der Waals surface area contributed by atoms with Crippen LogP contribution in [0.15, 0.2) is 18.2 Å². The van der Waals surface area contributed by atoms with Crippen LogP contribution < -0.4 is 14.8 Å². The minimum atomic E-state index is -0.729. The lowest BCUT2D eigenvalue weighted by Crippen LogP contribution is -2.43. The molecule has 1 aromatic carbocycles. The van der Waals surface area contributed by atoms with Crippen molar-refractivity contribution in [2.24, 2.45) is 5.41 Å². The highest BCUT2D eigenvalue weighted by molar-refractivity contribution is 5.77. The molecular formula is C14H19NO4. The van der Waals surface area contributed by atoms with E-state index in [0.717, 1.165) is 24.9 Å². The summed E-state index contributed by atoms with van der Waals surface area (Å²) in [4.78, 5) is 11.3. The van der Waals surface area contributed by atoms with Crippen molar-refractivity contribution in [3.05, 3.63) is 18.2 Å². The van der Waals surface area contributed by atoms with Gasteiger partial charge in [-0.2, -0.15) is 0 Å². The molecule has 5 nitrogen and oxygen atoms in total. The number of carboxylic acid groups (broad SMARTS) is 1. The van der Waals surface area contributed by atoms with Gasteiger partial charge in [0, 0.05) is 12.6 Å². The van der Waals surface area contributed by atoms with Gasteiger partial charge in [-0.15, -0.1) is 0 Å². The predicted octanol–water partition coefficient (Wildman–Crippen LogP) is 2.37. The van der Waals surface area contributed by atoms with Gasteiger partial charge < -0.3 is 19.9 Å². The quantitative estimate of drug-likeness (QED) is 0.826. The number of anilines is 1. The molecule has 2 rings (SSSR count). The Bertz CT molecular complexity index is 469. The fourth-order valence-corrected chi connectivity index (χ4v) is 2.29. The molecule has 5 heteroatoms. The Balaban J connectivity index is 2.12. The standard InChI is InChI=1S/C14H19NO4/c1-18-10-4-5-12(19-2)11(8-10)15-9-14(13(16)17)6-3-7-14/h4-5,8,15H,3,6-7,9H2,1-2H3,(H,16,17). The summed E-state index contributed by atoms with van der Waals surface area (Å²) in [5, 5.41) is 12.5. The number of rotatable bonds is 6. The highest BCUT2D eigenvalue weighted by Crippen LogP contribution is 2.42. The smallest absolute Gasteiger partial charge is 0.311 e. The molecule has 1 fully saturated rings. The first-order valence-corrected chi connectivity index (χ1v) is 6.30. The van der Waals surface area contributed by atoms with Crippen LogP contribution in [0, 0.1) is 5.41 Å². The number of hydrogen-bond donors (Lipinski definition) is 2. The number of carbonyl (C=O) groups is 1. The molecule has 1 saturated carbocycles. The van der Waals surface area contributed by atoms with Gasteiger partial charge in [0.1, 0.15) is 11.5 Å². The lowest BCUT2D eigenvalue weighted by molar-refractivity contribution is -0.153. The Morgan fingerprint density at radius 2 is 2.11 bits per heavy atom. The molecule has 0 aliphatic heterocycles. The number of hydrogen-bond acceptors (Lipinski definition) is 4. The maximum atomic E-state index is 11.3. The average Bonchev–Trinajstić information content (AvgIpc) is 2.36. The summed E-state index contributed by atoms with van der Waals surface area (Å²) in [7, 11) is 3.18. The zero-order chi connectivity index (χ0) is 13.9. The third kappa shape index (κ3) is 2.59. The van der Waals surface area contributed by atoms with Gasteiger partial charge in [0.25, 0.3) is 0 Å². The number of aliphatic carboxylic acids is 1. The summed E-state index contributed by atoms with van der Waals surface area (Å²) in [5.74, 6) is 0.662. The molecule has 0 atom stereocenters. The van der Waals surface area contributed by atoms with E-state index < -0.39 is 11.4 Å². The van der Waals surface area contributed by atoms with E-state index in [1.54, 1.807) is 26.4 Å². The second-order valence-electron chi connectivity index (χ2n) is 4.86. The van der Waals surface area contributed by atoms with E-state index in [2.05, 4.69) is 5.32 Å². The molecule has 2 N–H and O–H groups in total. The summed E-state index contributed by atoms with van der Waals surface area (Å²) >= 11 is 0. The summed E-state index contributed by atoms with van der Waals surface area (Å²) in [6.07, 6.45) is 2.42.